The Kier molecular flexibility index (Phi) is 4.46. The Labute approximate surface area is 187 Å². The van der Waals surface area contributed by atoms with E-state index < -0.39 is 0 Å². The summed E-state index contributed by atoms with van der Waals surface area (Å²) in [6.07, 6.45) is 9.17. The van der Waals surface area contributed by atoms with E-state index in [-0.39, 0.29) is 11.1 Å². The van der Waals surface area contributed by atoms with Gasteiger partial charge in [-0.15, -0.1) is 0 Å². The van der Waals surface area contributed by atoms with Crippen molar-refractivity contribution in [1.82, 2.24) is 19.0 Å². The minimum atomic E-state index is -0.204. The van der Waals surface area contributed by atoms with Crippen molar-refractivity contribution in [2.75, 3.05) is 25.0 Å². The molecular formula is C24H28ClN5O. The molecule has 1 unspecified atom stereocenters. The summed E-state index contributed by atoms with van der Waals surface area (Å²) in [6, 6.07) is 10.4. The molecule has 3 aliphatic rings. The molecule has 0 aliphatic carbocycles. The number of likely N-dealkylation sites (tertiary alicyclic amines) is 1. The molecule has 0 bridgehead atoms. The van der Waals surface area contributed by atoms with Crippen LogP contribution < -0.4 is 5.32 Å². The molecule has 5 heterocycles. The normalized spacial score (nSPS) is 24.3. The summed E-state index contributed by atoms with van der Waals surface area (Å²) in [7, 11) is 0. The summed E-state index contributed by atoms with van der Waals surface area (Å²) in [5.74, 6) is 0. The van der Waals surface area contributed by atoms with Gasteiger partial charge in [0.1, 0.15) is 5.54 Å². The third kappa shape index (κ3) is 3.12. The fourth-order valence-corrected chi connectivity index (χ4v) is 5.90. The summed E-state index contributed by atoms with van der Waals surface area (Å²) in [4.78, 5) is 6.86. The predicted molar refractivity (Wildman–Crippen MR) is 122 cm³/mol. The maximum Gasteiger partial charge on any atom is 0.104 e. The smallest absolute Gasteiger partial charge is 0.104 e. The van der Waals surface area contributed by atoms with E-state index >= 15 is 0 Å². The van der Waals surface area contributed by atoms with Gasteiger partial charge in [-0.25, -0.2) is 4.98 Å². The van der Waals surface area contributed by atoms with Crippen molar-refractivity contribution in [3.63, 3.8) is 0 Å². The van der Waals surface area contributed by atoms with E-state index in [1.807, 2.05) is 24.7 Å². The van der Waals surface area contributed by atoms with E-state index in [1.54, 1.807) is 0 Å². The number of rotatable bonds is 3. The van der Waals surface area contributed by atoms with Gasteiger partial charge in [0.15, 0.2) is 0 Å². The summed E-state index contributed by atoms with van der Waals surface area (Å²) < 4.78 is 11.1. The van der Waals surface area contributed by atoms with Gasteiger partial charge in [0.05, 0.1) is 41.3 Å². The molecule has 2 saturated heterocycles. The number of imidazole rings is 1. The topological polar surface area (TPSA) is 47.2 Å². The highest BCUT2D eigenvalue weighted by atomic mass is 35.5. The van der Waals surface area contributed by atoms with Crippen molar-refractivity contribution >= 4 is 17.3 Å². The number of ether oxygens (including phenoxy) is 1. The van der Waals surface area contributed by atoms with Crippen LogP contribution in [-0.4, -0.2) is 44.3 Å². The lowest BCUT2D eigenvalue weighted by molar-refractivity contribution is -0.0454. The molecule has 2 aromatic heterocycles. The van der Waals surface area contributed by atoms with Crippen LogP contribution in [-0.2, 0) is 23.4 Å². The summed E-state index contributed by atoms with van der Waals surface area (Å²) >= 11 is 6.32. The van der Waals surface area contributed by atoms with Crippen LogP contribution in [0.5, 0.6) is 0 Å². The molecule has 31 heavy (non-hydrogen) atoms. The number of fused-ring (bicyclic) bond motifs is 4. The summed E-state index contributed by atoms with van der Waals surface area (Å²) in [6.45, 7) is 6.88. The number of benzene rings is 1. The first-order valence-corrected chi connectivity index (χ1v) is 11.6. The zero-order chi connectivity index (χ0) is 21.1. The number of anilines is 1. The van der Waals surface area contributed by atoms with Crippen molar-refractivity contribution in [3.05, 3.63) is 65.5 Å². The number of nitrogens with one attached hydrogen (secondary N) is 1. The van der Waals surface area contributed by atoms with E-state index in [1.165, 1.54) is 11.4 Å². The number of piperidine rings is 1. The molecule has 6 rings (SSSR count). The molecule has 6 nitrogen and oxygen atoms in total. The predicted octanol–water partition coefficient (Wildman–Crippen LogP) is 4.42. The highest BCUT2D eigenvalue weighted by Gasteiger charge is 2.53. The van der Waals surface area contributed by atoms with Crippen molar-refractivity contribution in [2.45, 2.75) is 50.4 Å². The van der Waals surface area contributed by atoms with E-state index in [0.717, 1.165) is 61.8 Å². The number of hydrogen-bond donors (Lipinski definition) is 1. The first-order valence-electron chi connectivity index (χ1n) is 11.2. The first kappa shape index (κ1) is 19.4. The van der Waals surface area contributed by atoms with Gasteiger partial charge in [-0.05, 0) is 50.1 Å². The molecule has 7 heteroatoms. The van der Waals surface area contributed by atoms with Gasteiger partial charge in [0.25, 0.3) is 0 Å². The lowest BCUT2D eigenvalue weighted by Crippen LogP contribution is -2.46. The molecule has 162 valence electrons. The number of aryl methyl sites for hydroxylation is 1. The van der Waals surface area contributed by atoms with Crippen molar-refractivity contribution in [3.8, 4) is 5.69 Å². The fraction of sp³-hybridized carbons (Fsp3) is 0.458. The van der Waals surface area contributed by atoms with Crippen LogP contribution >= 0.6 is 11.6 Å². The van der Waals surface area contributed by atoms with Crippen LogP contribution in [0.1, 0.15) is 37.6 Å². The Balaban J connectivity index is 1.21. The SMILES string of the molecule is CCn1cncc1CN1CCC2(CC1)CC1(CO2)Nc2cc(Cl)ccc2-n2cccc21. The standard InChI is InChI=1S/C24H28ClN5O/c1-2-29-17-26-13-19(29)14-28-10-7-23(8-11-28)15-24(16-31-23)22-4-3-9-30(22)21-6-5-18(25)12-20(21)27-24/h3-6,9,12-13,17,27H,2,7-8,10-11,14-16H2,1H3. The molecule has 0 radical (unpaired) electrons. The average Bonchev–Trinajstić information content (AvgIpc) is 3.50. The molecule has 1 atom stereocenters. The third-order valence-corrected chi connectivity index (χ3v) is 7.61. The zero-order valence-electron chi connectivity index (χ0n) is 17.9. The second kappa shape index (κ2) is 7.12. The van der Waals surface area contributed by atoms with Crippen LogP contribution in [0.4, 0.5) is 5.69 Å². The molecule has 2 fully saturated rings. The average molecular weight is 438 g/mol. The van der Waals surface area contributed by atoms with Crippen molar-refractivity contribution in [1.29, 1.82) is 0 Å². The van der Waals surface area contributed by atoms with Gasteiger partial charge in [-0.1, -0.05) is 11.6 Å². The monoisotopic (exact) mass is 437 g/mol. The van der Waals surface area contributed by atoms with Gasteiger partial charge in [0.2, 0.25) is 0 Å². The lowest BCUT2D eigenvalue weighted by Gasteiger charge is -2.41. The summed E-state index contributed by atoms with van der Waals surface area (Å²) in [5.41, 5.74) is 4.54. The van der Waals surface area contributed by atoms with Crippen LogP contribution in [0.3, 0.4) is 0 Å². The Hall–Kier alpha value is -2.28. The quantitative estimate of drug-likeness (QED) is 0.658. The highest BCUT2D eigenvalue weighted by Crippen LogP contribution is 2.50. The Morgan fingerprint density at radius 3 is 2.94 bits per heavy atom. The van der Waals surface area contributed by atoms with Crippen LogP contribution in [0.25, 0.3) is 5.69 Å². The first-order chi connectivity index (χ1) is 15.1. The van der Waals surface area contributed by atoms with Gasteiger partial charge in [0, 0.05) is 50.0 Å². The summed E-state index contributed by atoms with van der Waals surface area (Å²) in [5, 5.41) is 4.59. The van der Waals surface area contributed by atoms with Gasteiger partial charge < -0.3 is 19.2 Å². The zero-order valence-corrected chi connectivity index (χ0v) is 18.6. The van der Waals surface area contributed by atoms with Gasteiger partial charge >= 0.3 is 0 Å². The number of halogens is 1. The van der Waals surface area contributed by atoms with Crippen molar-refractivity contribution in [2.24, 2.45) is 0 Å². The molecule has 1 N–H and O–H groups in total. The molecule has 1 aromatic carbocycles. The molecule has 3 aliphatic heterocycles. The van der Waals surface area contributed by atoms with E-state index in [9.17, 15) is 0 Å². The number of nitrogens with zero attached hydrogens (tertiary/aromatic N) is 4. The second-order valence-electron chi connectivity index (χ2n) is 9.23. The van der Waals surface area contributed by atoms with E-state index in [4.69, 9.17) is 16.3 Å². The van der Waals surface area contributed by atoms with Crippen molar-refractivity contribution < 1.29 is 4.74 Å². The molecule has 2 spiro atoms. The molecular weight excluding hydrogens is 410 g/mol. The Morgan fingerprint density at radius 1 is 1.23 bits per heavy atom. The maximum atomic E-state index is 6.62. The van der Waals surface area contributed by atoms with Crippen LogP contribution in [0.15, 0.2) is 49.1 Å². The largest absolute Gasteiger partial charge is 0.372 e. The van der Waals surface area contributed by atoms with Gasteiger partial charge in [-0.3, -0.25) is 4.90 Å². The van der Waals surface area contributed by atoms with Gasteiger partial charge in [-0.2, -0.15) is 0 Å². The maximum absolute atomic E-state index is 6.62. The Bertz CT molecular complexity index is 1110. The lowest BCUT2D eigenvalue weighted by atomic mass is 9.79. The molecule has 0 amide bonds. The minimum absolute atomic E-state index is 0.0698. The number of aromatic nitrogens is 3. The minimum Gasteiger partial charge on any atom is -0.372 e. The van der Waals surface area contributed by atoms with E-state index in [0.29, 0.717) is 6.61 Å². The number of hydrogen-bond acceptors (Lipinski definition) is 4. The fourth-order valence-electron chi connectivity index (χ4n) is 5.73. The van der Waals surface area contributed by atoms with Crippen LogP contribution in [0.2, 0.25) is 5.02 Å². The molecule has 0 saturated carbocycles. The second-order valence-corrected chi connectivity index (χ2v) is 9.66. The van der Waals surface area contributed by atoms with E-state index in [2.05, 4.69) is 55.7 Å². The Morgan fingerprint density at radius 2 is 2.10 bits per heavy atom. The van der Waals surface area contributed by atoms with Crippen LogP contribution in [0, 0.1) is 0 Å². The highest BCUT2D eigenvalue weighted by molar-refractivity contribution is 6.31. The molecule has 3 aromatic rings. The third-order valence-electron chi connectivity index (χ3n) is 7.37.